The molecule has 0 spiro atoms. The maximum Gasteiger partial charge on any atom is 0.227 e. The first-order valence-corrected chi connectivity index (χ1v) is 13.7. The number of nitrogens with one attached hydrogen (secondary N) is 1. The molecule has 5 nitrogen and oxygen atoms in total. The molecule has 0 bridgehead atoms. The zero-order valence-electron chi connectivity index (χ0n) is 21.9. The molecule has 1 N–H and O–H groups in total. The Kier molecular flexibility index (Phi) is 7.85. The zero-order valence-corrected chi connectivity index (χ0v) is 22.6. The molecule has 38 heavy (non-hydrogen) atoms. The lowest BCUT2D eigenvalue weighted by molar-refractivity contribution is -0.119. The number of unbranched alkanes of at least 4 members (excludes halogenated alkanes) is 2. The monoisotopic (exact) mass is 528 g/mol. The molecule has 5 rings (SSSR count). The topological polar surface area (TPSA) is 58.6 Å². The van der Waals surface area contributed by atoms with E-state index in [1.165, 1.54) is 0 Å². The second-order valence-electron chi connectivity index (χ2n) is 10.0. The smallest absolute Gasteiger partial charge is 0.227 e. The Morgan fingerprint density at radius 1 is 0.974 bits per heavy atom. The minimum atomic E-state index is -0.531. The first-order valence-electron chi connectivity index (χ1n) is 13.3. The highest BCUT2D eigenvalue weighted by Crippen LogP contribution is 2.47. The predicted octanol–water partition coefficient (Wildman–Crippen LogP) is 7.83. The number of carbonyl (C=O) groups excluding carboxylic acids is 2. The van der Waals surface area contributed by atoms with Gasteiger partial charge in [-0.2, -0.15) is 0 Å². The summed E-state index contributed by atoms with van der Waals surface area (Å²) in [6.45, 7) is 2.13. The number of anilines is 2. The predicted molar refractivity (Wildman–Crippen MR) is 153 cm³/mol. The van der Waals surface area contributed by atoms with Gasteiger partial charge in [0.05, 0.1) is 24.5 Å². The number of ketones is 1. The third-order valence-electron chi connectivity index (χ3n) is 7.52. The number of halogens is 1. The summed E-state index contributed by atoms with van der Waals surface area (Å²) in [5, 5.41) is 4.21. The zero-order chi connectivity index (χ0) is 26.6. The number of carbonyl (C=O) groups is 2. The average molecular weight is 529 g/mol. The Hall–Kier alpha value is -3.57. The summed E-state index contributed by atoms with van der Waals surface area (Å²) in [4.78, 5) is 29.8. The van der Waals surface area contributed by atoms with E-state index in [9.17, 15) is 9.59 Å². The molecule has 1 aliphatic carbocycles. The molecule has 3 aromatic rings. The van der Waals surface area contributed by atoms with E-state index in [1.54, 1.807) is 7.11 Å². The van der Waals surface area contributed by atoms with Crippen LogP contribution >= 0.6 is 11.6 Å². The summed E-state index contributed by atoms with van der Waals surface area (Å²) in [5.74, 6) is 0.895. The van der Waals surface area contributed by atoms with Crippen LogP contribution in [0.4, 0.5) is 11.4 Å². The summed E-state index contributed by atoms with van der Waals surface area (Å²) >= 11 is 6.24. The molecule has 1 aliphatic heterocycles. The SMILES string of the molecule is CCCCCC(=O)N1c2ccccc2NC2=C(C(=O)C[C@H](c3ccc(OC)cc3)C2)[C@H]1c1ccc(Cl)cc1. The van der Waals surface area contributed by atoms with Gasteiger partial charge in [0.15, 0.2) is 5.78 Å². The Morgan fingerprint density at radius 3 is 2.39 bits per heavy atom. The van der Waals surface area contributed by atoms with Crippen LogP contribution in [0.1, 0.15) is 68.5 Å². The summed E-state index contributed by atoms with van der Waals surface area (Å²) in [5.41, 5.74) is 5.14. The molecule has 1 amide bonds. The summed E-state index contributed by atoms with van der Waals surface area (Å²) in [6.07, 6.45) is 4.31. The molecule has 0 fully saturated rings. The molecular formula is C32H33ClN2O3. The molecule has 2 aliphatic rings. The summed E-state index contributed by atoms with van der Waals surface area (Å²) < 4.78 is 5.32. The molecule has 196 valence electrons. The fourth-order valence-electron chi connectivity index (χ4n) is 5.58. The molecule has 0 saturated carbocycles. The number of nitrogens with zero attached hydrogens (tertiary/aromatic N) is 1. The Bertz CT molecular complexity index is 1350. The summed E-state index contributed by atoms with van der Waals surface area (Å²) in [6, 6.07) is 22.8. The van der Waals surface area contributed by atoms with Crippen LogP contribution in [-0.4, -0.2) is 18.8 Å². The highest BCUT2D eigenvalue weighted by molar-refractivity contribution is 6.30. The van der Waals surface area contributed by atoms with E-state index in [0.717, 1.165) is 53.2 Å². The highest BCUT2D eigenvalue weighted by Gasteiger charge is 2.41. The lowest BCUT2D eigenvalue weighted by Gasteiger charge is -2.35. The molecule has 0 unspecified atom stereocenters. The van der Waals surface area contributed by atoms with Crippen LogP contribution < -0.4 is 15.0 Å². The standard InChI is InChI=1S/C32H33ClN2O3/c1-3-4-5-10-30(37)35-28-9-7-6-8-26(28)34-27-19-23(21-13-17-25(38-2)18-14-21)20-29(36)31(27)32(35)22-11-15-24(33)16-12-22/h6-9,11-18,23,32,34H,3-5,10,19-20H2,1-2H3/t23-,32-/m1/s1. The molecule has 6 heteroatoms. The van der Waals surface area contributed by atoms with Gasteiger partial charge >= 0.3 is 0 Å². The number of Topliss-reactive ketones (excluding diaryl/α,β-unsaturated/α-hetero) is 1. The van der Waals surface area contributed by atoms with Crippen LogP contribution in [0.25, 0.3) is 0 Å². The molecule has 3 aromatic carbocycles. The first kappa shape index (κ1) is 26.1. The lowest BCUT2D eigenvalue weighted by Crippen LogP contribution is -2.38. The van der Waals surface area contributed by atoms with Crippen molar-refractivity contribution in [1.82, 2.24) is 0 Å². The fraction of sp³-hybridized carbons (Fsp3) is 0.312. The van der Waals surface area contributed by atoms with Gasteiger partial charge in [0.1, 0.15) is 5.75 Å². The minimum absolute atomic E-state index is 0.0199. The Morgan fingerprint density at radius 2 is 1.68 bits per heavy atom. The number of methoxy groups -OCH3 is 1. The normalized spacial score (nSPS) is 18.8. The van der Waals surface area contributed by atoms with E-state index < -0.39 is 6.04 Å². The molecule has 0 aromatic heterocycles. The number of hydrogen-bond acceptors (Lipinski definition) is 4. The molecule has 1 heterocycles. The van der Waals surface area contributed by atoms with E-state index in [4.69, 9.17) is 16.3 Å². The van der Waals surface area contributed by atoms with Gasteiger partial charge in [-0.1, -0.05) is 67.8 Å². The van der Waals surface area contributed by atoms with E-state index in [1.807, 2.05) is 77.7 Å². The number of allylic oxidation sites excluding steroid dienone is 1. The van der Waals surface area contributed by atoms with Gasteiger partial charge in [0.25, 0.3) is 0 Å². The largest absolute Gasteiger partial charge is 0.497 e. The van der Waals surface area contributed by atoms with Gasteiger partial charge in [-0.05, 0) is 66.3 Å². The molecule has 0 saturated heterocycles. The van der Waals surface area contributed by atoms with Crippen molar-refractivity contribution >= 4 is 34.7 Å². The van der Waals surface area contributed by atoms with Gasteiger partial charge in [0, 0.05) is 29.1 Å². The number of ether oxygens (including phenoxy) is 1. The van der Waals surface area contributed by atoms with Crippen LogP contribution in [-0.2, 0) is 9.59 Å². The fourth-order valence-corrected chi connectivity index (χ4v) is 5.71. The highest BCUT2D eigenvalue weighted by atomic mass is 35.5. The van der Waals surface area contributed by atoms with Crippen LogP contribution in [0.15, 0.2) is 84.1 Å². The van der Waals surface area contributed by atoms with Gasteiger partial charge in [-0.15, -0.1) is 0 Å². The van der Waals surface area contributed by atoms with Gasteiger partial charge in [-0.3, -0.25) is 14.5 Å². The van der Waals surface area contributed by atoms with Crippen molar-refractivity contribution in [2.75, 3.05) is 17.3 Å². The first-order chi connectivity index (χ1) is 18.5. The van der Waals surface area contributed by atoms with Gasteiger partial charge < -0.3 is 10.1 Å². The maximum atomic E-state index is 14.0. The van der Waals surface area contributed by atoms with Crippen molar-refractivity contribution in [3.8, 4) is 5.75 Å². The van der Waals surface area contributed by atoms with E-state index in [2.05, 4.69) is 12.2 Å². The van der Waals surface area contributed by atoms with Crippen LogP contribution in [0.2, 0.25) is 5.02 Å². The third-order valence-corrected chi connectivity index (χ3v) is 7.78. The molecule has 2 atom stereocenters. The number of hydrogen-bond donors (Lipinski definition) is 1. The number of benzene rings is 3. The Balaban J connectivity index is 1.63. The van der Waals surface area contributed by atoms with Crippen molar-refractivity contribution < 1.29 is 14.3 Å². The average Bonchev–Trinajstić information content (AvgIpc) is 3.08. The molecule has 0 radical (unpaired) electrons. The van der Waals surface area contributed by atoms with Crippen molar-refractivity contribution in [1.29, 1.82) is 0 Å². The Labute approximate surface area is 229 Å². The second kappa shape index (κ2) is 11.4. The van der Waals surface area contributed by atoms with Crippen molar-refractivity contribution in [3.05, 3.63) is 100 Å². The minimum Gasteiger partial charge on any atom is -0.497 e. The van der Waals surface area contributed by atoms with Gasteiger partial charge in [-0.25, -0.2) is 0 Å². The number of fused-ring (bicyclic) bond motifs is 1. The molecular weight excluding hydrogens is 496 g/mol. The number of rotatable bonds is 7. The number of amides is 1. The van der Waals surface area contributed by atoms with Gasteiger partial charge in [0.2, 0.25) is 5.91 Å². The quantitative estimate of drug-likeness (QED) is 0.317. The van der Waals surface area contributed by atoms with Crippen LogP contribution in [0.5, 0.6) is 5.75 Å². The van der Waals surface area contributed by atoms with E-state index in [0.29, 0.717) is 29.9 Å². The summed E-state index contributed by atoms with van der Waals surface area (Å²) in [7, 11) is 1.65. The van der Waals surface area contributed by atoms with Crippen molar-refractivity contribution in [2.45, 2.75) is 57.4 Å². The second-order valence-corrected chi connectivity index (χ2v) is 10.4. The maximum absolute atomic E-state index is 14.0. The van der Waals surface area contributed by atoms with Crippen molar-refractivity contribution in [3.63, 3.8) is 0 Å². The lowest BCUT2D eigenvalue weighted by atomic mass is 9.78. The van der Waals surface area contributed by atoms with Crippen LogP contribution in [0, 0.1) is 0 Å². The van der Waals surface area contributed by atoms with E-state index in [-0.39, 0.29) is 17.6 Å². The number of para-hydroxylation sites is 2. The van der Waals surface area contributed by atoms with E-state index >= 15 is 0 Å². The van der Waals surface area contributed by atoms with Crippen molar-refractivity contribution in [2.24, 2.45) is 0 Å². The third kappa shape index (κ3) is 5.21. The van der Waals surface area contributed by atoms with Crippen LogP contribution in [0.3, 0.4) is 0 Å².